The lowest BCUT2D eigenvalue weighted by molar-refractivity contribution is 0.561. The minimum atomic E-state index is -3.52. The molecule has 0 aliphatic carbocycles. The summed E-state index contributed by atoms with van der Waals surface area (Å²) in [5.41, 5.74) is 2.34. The predicted molar refractivity (Wildman–Crippen MR) is 86.4 cm³/mol. The van der Waals surface area contributed by atoms with Crippen molar-refractivity contribution in [3.05, 3.63) is 58.9 Å². The zero-order valence-corrected chi connectivity index (χ0v) is 13.3. The highest BCUT2D eigenvalue weighted by molar-refractivity contribution is 7.91. The maximum Gasteiger partial charge on any atom is 0.236 e. The number of benzene rings is 2. The molecule has 0 fully saturated rings. The fourth-order valence-corrected chi connectivity index (χ4v) is 3.43. The van der Waals surface area contributed by atoms with Crippen LogP contribution in [0.5, 0.6) is 0 Å². The van der Waals surface area contributed by atoms with Crippen LogP contribution < -0.4 is 4.72 Å². The van der Waals surface area contributed by atoms with Gasteiger partial charge in [0.05, 0.1) is 11.4 Å². The van der Waals surface area contributed by atoms with Crippen molar-refractivity contribution >= 4 is 38.4 Å². The lowest BCUT2D eigenvalue weighted by Crippen LogP contribution is -2.14. The number of anilines is 1. The highest BCUT2D eigenvalue weighted by atomic mass is 35.5. The van der Waals surface area contributed by atoms with E-state index in [4.69, 9.17) is 16.0 Å². The van der Waals surface area contributed by atoms with Gasteiger partial charge in [0.15, 0.2) is 11.5 Å². The standard InChI is InChI=1S/C15H13ClN2O3S/c1-10-17-14-7-6-13(8-15(14)21-10)18-22(19,20)9-11-2-4-12(16)5-3-11/h2-8,18H,9H2,1H3. The van der Waals surface area contributed by atoms with Crippen LogP contribution in [0.3, 0.4) is 0 Å². The highest BCUT2D eigenvalue weighted by Crippen LogP contribution is 2.21. The first-order valence-corrected chi connectivity index (χ1v) is 8.56. The molecule has 3 aromatic rings. The van der Waals surface area contributed by atoms with Crippen molar-refractivity contribution in [1.29, 1.82) is 0 Å². The van der Waals surface area contributed by atoms with Gasteiger partial charge in [0, 0.05) is 18.0 Å². The molecule has 0 saturated carbocycles. The van der Waals surface area contributed by atoms with Gasteiger partial charge in [-0.25, -0.2) is 13.4 Å². The van der Waals surface area contributed by atoms with Crippen LogP contribution in [0, 0.1) is 6.92 Å². The quantitative estimate of drug-likeness (QED) is 0.788. The summed E-state index contributed by atoms with van der Waals surface area (Å²) in [4.78, 5) is 4.17. The molecule has 1 aromatic heterocycles. The Kier molecular flexibility index (Phi) is 3.80. The summed E-state index contributed by atoms with van der Waals surface area (Å²) in [6.45, 7) is 1.74. The van der Waals surface area contributed by atoms with Crippen molar-refractivity contribution in [2.24, 2.45) is 0 Å². The van der Waals surface area contributed by atoms with Crippen molar-refractivity contribution in [2.75, 3.05) is 4.72 Å². The van der Waals surface area contributed by atoms with E-state index in [2.05, 4.69) is 9.71 Å². The van der Waals surface area contributed by atoms with Gasteiger partial charge in [-0.3, -0.25) is 4.72 Å². The van der Waals surface area contributed by atoms with E-state index in [9.17, 15) is 8.42 Å². The lowest BCUT2D eigenvalue weighted by atomic mass is 10.2. The Morgan fingerprint density at radius 3 is 2.64 bits per heavy atom. The third-order valence-corrected chi connectivity index (χ3v) is 4.55. The number of aryl methyl sites for hydroxylation is 1. The summed E-state index contributed by atoms with van der Waals surface area (Å²) < 4.78 is 32.3. The van der Waals surface area contributed by atoms with Crippen LogP contribution in [0.1, 0.15) is 11.5 Å². The number of oxazole rings is 1. The van der Waals surface area contributed by atoms with Gasteiger partial charge in [-0.1, -0.05) is 23.7 Å². The van der Waals surface area contributed by atoms with Crippen LogP contribution in [-0.2, 0) is 15.8 Å². The molecule has 0 amide bonds. The molecule has 22 heavy (non-hydrogen) atoms. The van der Waals surface area contributed by atoms with Gasteiger partial charge >= 0.3 is 0 Å². The van der Waals surface area contributed by atoms with Crippen molar-refractivity contribution in [1.82, 2.24) is 4.98 Å². The zero-order chi connectivity index (χ0) is 15.7. The van der Waals surface area contributed by atoms with E-state index < -0.39 is 10.0 Å². The first-order valence-electron chi connectivity index (χ1n) is 6.53. The Labute approximate surface area is 133 Å². The number of rotatable bonds is 4. The Bertz CT molecular complexity index is 918. The molecule has 1 heterocycles. The first-order chi connectivity index (χ1) is 10.4. The molecular formula is C15H13ClN2O3S. The van der Waals surface area contributed by atoms with Crippen LogP contribution in [0.15, 0.2) is 46.9 Å². The molecule has 0 unspecified atom stereocenters. The molecule has 2 aromatic carbocycles. The predicted octanol–water partition coefficient (Wildman–Crippen LogP) is 3.73. The van der Waals surface area contributed by atoms with Crippen molar-refractivity contribution in [3.8, 4) is 0 Å². The molecule has 1 N–H and O–H groups in total. The summed E-state index contributed by atoms with van der Waals surface area (Å²) in [5, 5.41) is 0.570. The normalized spacial score (nSPS) is 11.7. The number of hydrogen-bond donors (Lipinski definition) is 1. The molecular weight excluding hydrogens is 324 g/mol. The number of nitrogens with zero attached hydrogens (tertiary/aromatic N) is 1. The number of fused-ring (bicyclic) bond motifs is 1. The van der Waals surface area contributed by atoms with Crippen LogP contribution >= 0.6 is 11.6 Å². The van der Waals surface area contributed by atoms with Gasteiger partial charge in [0.1, 0.15) is 5.52 Å². The second-order valence-corrected chi connectivity index (χ2v) is 7.06. The topological polar surface area (TPSA) is 72.2 Å². The van der Waals surface area contributed by atoms with Gasteiger partial charge in [0.2, 0.25) is 10.0 Å². The molecule has 0 aliphatic heterocycles. The Hall–Kier alpha value is -2.05. The van der Waals surface area contributed by atoms with Gasteiger partial charge in [-0.15, -0.1) is 0 Å². The first kappa shape index (κ1) is 14.9. The number of sulfonamides is 1. The van der Waals surface area contributed by atoms with Gasteiger partial charge in [-0.05, 0) is 29.8 Å². The Morgan fingerprint density at radius 2 is 1.91 bits per heavy atom. The van der Waals surface area contributed by atoms with Crippen molar-refractivity contribution in [2.45, 2.75) is 12.7 Å². The third-order valence-electron chi connectivity index (χ3n) is 3.04. The molecule has 0 saturated heterocycles. The van der Waals surface area contributed by atoms with Crippen LogP contribution in [0.2, 0.25) is 5.02 Å². The highest BCUT2D eigenvalue weighted by Gasteiger charge is 2.13. The molecule has 0 radical (unpaired) electrons. The lowest BCUT2D eigenvalue weighted by Gasteiger charge is -2.08. The van der Waals surface area contributed by atoms with Gasteiger partial charge in [0.25, 0.3) is 0 Å². The Balaban J connectivity index is 1.81. The fourth-order valence-electron chi connectivity index (χ4n) is 2.12. The largest absolute Gasteiger partial charge is 0.441 e. The molecule has 5 nitrogen and oxygen atoms in total. The summed E-state index contributed by atoms with van der Waals surface area (Å²) >= 11 is 5.79. The number of hydrogen-bond acceptors (Lipinski definition) is 4. The van der Waals surface area contributed by atoms with Gasteiger partial charge in [-0.2, -0.15) is 0 Å². The van der Waals surface area contributed by atoms with E-state index in [1.807, 2.05) is 0 Å². The molecule has 0 bridgehead atoms. The third kappa shape index (κ3) is 3.40. The average molecular weight is 337 g/mol. The van der Waals surface area contributed by atoms with Crippen molar-refractivity contribution < 1.29 is 12.8 Å². The van der Waals surface area contributed by atoms with Crippen LogP contribution in [0.4, 0.5) is 5.69 Å². The van der Waals surface area contributed by atoms with Gasteiger partial charge < -0.3 is 4.42 Å². The summed E-state index contributed by atoms with van der Waals surface area (Å²) in [7, 11) is -3.52. The second kappa shape index (κ2) is 5.62. The Morgan fingerprint density at radius 1 is 1.18 bits per heavy atom. The van der Waals surface area contributed by atoms with E-state index in [1.165, 1.54) is 0 Å². The molecule has 7 heteroatoms. The van der Waals surface area contributed by atoms with E-state index >= 15 is 0 Å². The van der Waals surface area contributed by atoms with E-state index in [1.54, 1.807) is 49.4 Å². The molecule has 0 spiro atoms. The average Bonchev–Trinajstić information content (AvgIpc) is 2.80. The minimum Gasteiger partial charge on any atom is -0.441 e. The number of halogens is 1. The summed E-state index contributed by atoms with van der Waals surface area (Å²) in [5.74, 6) is 0.411. The maximum atomic E-state index is 12.2. The molecule has 114 valence electrons. The molecule has 0 aliphatic rings. The zero-order valence-electron chi connectivity index (χ0n) is 11.7. The monoisotopic (exact) mass is 336 g/mol. The minimum absolute atomic E-state index is 0.127. The maximum absolute atomic E-state index is 12.2. The summed E-state index contributed by atoms with van der Waals surface area (Å²) in [6.07, 6.45) is 0. The van der Waals surface area contributed by atoms with Crippen molar-refractivity contribution in [3.63, 3.8) is 0 Å². The van der Waals surface area contributed by atoms with E-state index in [0.29, 0.717) is 33.3 Å². The molecule has 3 rings (SSSR count). The van der Waals surface area contributed by atoms with E-state index in [0.717, 1.165) is 0 Å². The fraction of sp³-hybridized carbons (Fsp3) is 0.133. The van der Waals surface area contributed by atoms with Crippen LogP contribution in [-0.4, -0.2) is 13.4 Å². The van der Waals surface area contributed by atoms with Crippen LogP contribution in [0.25, 0.3) is 11.1 Å². The SMILES string of the molecule is Cc1nc2ccc(NS(=O)(=O)Cc3ccc(Cl)cc3)cc2o1. The number of nitrogens with one attached hydrogen (secondary N) is 1. The smallest absolute Gasteiger partial charge is 0.236 e. The molecule has 0 atom stereocenters. The summed E-state index contributed by atoms with van der Waals surface area (Å²) in [6, 6.07) is 11.7. The number of aromatic nitrogens is 1. The second-order valence-electron chi connectivity index (χ2n) is 4.90. The van der Waals surface area contributed by atoms with E-state index in [-0.39, 0.29) is 5.75 Å².